The average molecular weight is 343 g/mol. The zero-order valence-corrected chi connectivity index (χ0v) is 14.6. The molecule has 0 bridgehead atoms. The fourth-order valence-electron chi connectivity index (χ4n) is 1.06. The van der Waals surface area contributed by atoms with Crippen molar-refractivity contribution in [3.8, 4) is 0 Å². The SMILES string of the molecule is CC(=O)OCOP(=O)(O)OCOC(C)=O.CCN(CC)CC. The van der Waals surface area contributed by atoms with Gasteiger partial charge >= 0.3 is 19.8 Å². The number of hydrogen-bond acceptors (Lipinski definition) is 8. The van der Waals surface area contributed by atoms with Crippen molar-refractivity contribution in [3.05, 3.63) is 0 Å². The van der Waals surface area contributed by atoms with Crippen LogP contribution in [-0.4, -0.2) is 55.0 Å². The molecule has 132 valence electrons. The van der Waals surface area contributed by atoms with Gasteiger partial charge in [0.2, 0.25) is 13.6 Å². The fourth-order valence-corrected chi connectivity index (χ4v) is 1.51. The molecule has 0 aliphatic heterocycles. The minimum atomic E-state index is -4.36. The van der Waals surface area contributed by atoms with E-state index in [0.29, 0.717) is 0 Å². The number of esters is 2. The van der Waals surface area contributed by atoms with Gasteiger partial charge in [0.05, 0.1) is 0 Å². The summed E-state index contributed by atoms with van der Waals surface area (Å²) in [4.78, 5) is 31.7. The molecule has 0 rings (SSSR count). The first-order valence-electron chi connectivity index (χ1n) is 6.79. The molecule has 9 nitrogen and oxygen atoms in total. The van der Waals surface area contributed by atoms with E-state index in [-0.39, 0.29) is 0 Å². The Morgan fingerprint density at radius 1 is 0.909 bits per heavy atom. The van der Waals surface area contributed by atoms with Gasteiger partial charge in [0.15, 0.2) is 0 Å². The number of phosphoric acid groups is 1. The first-order valence-corrected chi connectivity index (χ1v) is 8.28. The van der Waals surface area contributed by atoms with E-state index in [0.717, 1.165) is 13.8 Å². The normalized spacial score (nSPS) is 10.7. The molecule has 0 saturated heterocycles. The second-order valence-corrected chi connectivity index (χ2v) is 5.31. The van der Waals surface area contributed by atoms with Crippen LogP contribution in [0.4, 0.5) is 0 Å². The predicted molar refractivity (Wildman–Crippen MR) is 78.7 cm³/mol. The van der Waals surface area contributed by atoms with Crippen LogP contribution in [-0.2, 0) is 32.7 Å². The van der Waals surface area contributed by atoms with Gasteiger partial charge in [0.1, 0.15) is 0 Å². The zero-order valence-electron chi connectivity index (χ0n) is 13.7. The number of ether oxygens (including phenoxy) is 2. The molecule has 0 saturated carbocycles. The monoisotopic (exact) mass is 343 g/mol. The van der Waals surface area contributed by atoms with Crippen LogP contribution in [0.2, 0.25) is 0 Å². The summed E-state index contributed by atoms with van der Waals surface area (Å²) in [5.74, 6) is -1.34. The Labute approximate surface area is 131 Å². The highest BCUT2D eigenvalue weighted by atomic mass is 31.2. The van der Waals surface area contributed by atoms with Crippen molar-refractivity contribution in [3.63, 3.8) is 0 Å². The van der Waals surface area contributed by atoms with E-state index >= 15 is 0 Å². The number of hydrogen-bond donors (Lipinski definition) is 1. The topological polar surface area (TPSA) is 112 Å². The van der Waals surface area contributed by atoms with Gasteiger partial charge in [0, 0.05) is 13.8 Å². The molecule has 0 heterocycles. The molecule has 0 aromatic heterocycles. The van der Waals surface area contributed by atoms with Crippen molar-refractivity contribution in [1.82, 2.24) is 4.90 Å². The van der Waals surface area contributed by atoms with Crippen LogP contribution in [0, 0.1) is 0 Å². The van der Waals surface area contributed by atoms with Crippen LogP contribution in [0.15, 0.2) is 0 Å². The third kappa shape index (κ3) is 17.1. The van der Waals surface area contributed by atoms with Crippen LogP contribution in [0.3, 0.4) is 0 Å². The quantitative estimate of drug-likeness (QED) is 0.378. The first-order chi connectivity index (χ1) is 10.2. The lowest BCUT2D eigenvalue weighted by Crippen LogP contribution is -2.21. The van der Waals surface area contributed by atoms with E-state index in [4.69, 9.17) is 4.89 Å². The summed E-state index contributed by atoms with van der Waals surface area (Å²) in [5.41, 5.74) is 0. The molecule has 0 aromatic carbocycles. The van der Waals surface area contributed by atoms with Gasteiger partial charge in [-0.2, -0.15) is 0 Å². The number of carbonyl (C=O) groups is 2. The average Bonchev–Trinajstić information content (AvgIpc) is 2.40. The predicted octanol–water partition coefficient (Wildman–Crippen LogP) is 1.51. The smallest absolute Gasteiger partial charge is 0.438 e. The van der Waals surface area contributed by atoms with E-state index in [1.54, 1.807) is 0 Å². The minimum Gasteiger partial charge on any atom is -0.438 e. The van der Waals surface area contributed by atoms with Crippen LogP contribution in [0.5, 0.6) is 0 Å². The van der Waals surface area contributed by atoms with Gasteiger partial charge in [-0.1, -0.05) is 20.8 Å². The molecule has 10 heteroatoms. The third-order valence-corrected chi connectivity index (χ3v) is 3.16. The molecule has 0 fully saturated rings. The minimum absolute atomic E-state index is 0.671. The lowest BCUT2D eigenvalue weighted by atomic mass is 10.5. The second-order valence-electron chi connectivity index (χ2n) is 3.85. The Morgan fingerprint density at radius 3 is 1.41 bits per heavy atom. The Kier molecular flexibility index (Phi) is 14.5. The van der Waals surface area contributed by atoms with Crippen molar-refractivity contribution < 1.29 is 37.6 Å². The van der Waals surface area contributed by atoms with Crippen LogP contribution in [0.25, 0.3) is 0 Å². The fraction of sp³-hybridized carbons (Fsp3) is 0.833. The summed E-state index contributed by atoms with van der Waals surface area (Å²) >= 11 is 0. The lowest BCUT2D eigenvalue weighted by Gasteiger charge is -2.13. The second kappa shape index (κ2) is 13.7. The summed E-state index contributed by atoms with van der Waals surface area (Å²) in [7, 11) is -4.36. The van der Waals surface area contributed by atoms with Crippen molar-refractivity contribution in [1.29, 1.82) is 0 Å². The molecule has 0 amide bonds. The first kappa shape index (κ1) is 23.3. The molecule has 0 aliphatic rings. The van der Waals surface area contributed by atoms with Crippen molar-refractivity contribution in [2.45, 2.75) is 34.6 Å². The molecular weight excluding hydrogens is 317 g/mol. The number of phosphoric ester groups is 1. The highest BCUT2D eigenvalue weighted by molar-refractivity contribution is 7.47. The Morgan fingerprint density at radius 2 is 1.23 bits per heavy atom. The maximum atomic E-state index is 10.9. The molecule has 0 unspecified atom stereocenters. The molecule has 22 heavy (non-hydrogen) atoms. The van der Waals surface area contributed by atoms with E-state index in [2.05, 4.69) is 44.2 Å². The molecule has 0 spiro atoms. The van der Waals surface area contributed by atoms with Crippen molar-refractivity contribution in [2.75, 3.05) is 33.2 Å². The standard InChI is InChI=1S/C6H15N.C6H11O8P/c1-4-7(5-2)6-3;1-5(7)11-3-13-15(9,10)14-4-12-6(2)8/h4-6H2,1-3H3;3-4H2,1-2H3,(H,9,10). The molecule has 0 aromatic rings. The number of nitrogens with zero attached hydrogens (tertiary/aromatic N) is 1. The largest absolute Gasteiger partial charge is 0.478 e. The van der Waals surface area contributed by atoms with Gasteiger partial charge in [-0.05, 0) is 19.6 Å². The highest BCUT2D eigenvalue weighted by Gasteiger charge is 2.21. The zero-order chi connectivity index (χ0) is 17.6. The number of carbonyl (C=O) groups excluding carboxylic acids is 2. The van der Waals surface area contributed by atoms with Gasteiger partial charge in [-0.25, -0.2) is 13.6 Å². The maximum Gasteiger partial charge on any atom is 0.478 e. The van der Waals surface area contributed by atoms with E-state index < -0.39 is 33.3 Å². The molecule has 0 radical (unpaired) electrons. The summed E-state index contributed by atoms with van der Waals surface area (Å²) < 4.78 is 27.7. The van der Waals surface area contributed by atoms with E-state index in [1.165, 1.54) is 19.6 Å². The third-order valence-electron chi connectivity index (χ3n) is 2.30. The van der Waals surface area contributed by atoms with Crippen LogP contribution >= 0.6 is 7.82 Å². The maximum absolute atomic E-state index is 10.9. The summed E-state index contributed by atoms with van der Waals surface area (Å²) in [5, 5.41) is 0. The van der Waals surface area contributed by atoms with E-state index in [9.17, 15) is 14.2 Å². The van der Waals surface area contributed by atoms with Crippen molar-refractivity contribution >= 4 is 19.8 Å². The Hall–Kier alpha value is -0.990. The van der Waals surface area contributed by atoms with Gasteiger partial charge in [0.25, 0.3) is 0 Å². The highest BCUT2D eigenvalue weighted by Crippen LogP contribution is 2.42. The lowest BCUT2D eigenvalue weighted by molar-refractivity contribution is -0.150. The molecule has 1 N–H and O–H groups in total. The van der Waals surface area contributed by atoms with Gasteiger partial charge in [-0.15, -0.1) is 0 Å². The molecular formula is C12H26NO8P. The number of rotatable bonds is 9. The van der Waals surface area contributed by atoms with E-state index in [1.807, 2.05) is 0 Å². The summed E-state index contributed by atoms with van der Waals surface area (Å²) in [6, 6.07) is 0. The van der Waals surface area contributed by atoms with Gasteiger partial charge in [-0.3, -0.25) is 9.59 Å². The summed E-state index contributed by atoms with van der Waals surface area (Å²) in [6.45, 7) is 10.9. The van der Waals surface area contributed by atoms with Crippen molar-refractivity contribution in [2.24, 2.45) is 0 Å². The Balaban J connectivity index is 0. The van der Waals surface area contributed by atoms with Crippen LogP contribution in [0.1, 0.15) is 34.6 Å². The molecule has 0 atom stereocenters. The van der Waals surface area contributed by atoms with Crippen LogP contribution < -0.4 is 0 Å². The van der Waals surface area contributed by atoms with Gasteiger partial charge < -0.3 is 19.3 Å². The Bertz CT molecular complexity index is 330. The molecule has 0 aliphatic carbocycles. The summed E-state index contributed by atoms with van der Waals surface area (Å²) in [6.07, 6.45) is 0.